The Bertz CT molecular complexity index is 3980. The van der Waals surface area contributed by atoms with Gasteiger partial charge in [-0.3, -0.25) is 0 Å². The van der Waals surface area contributed by atoms with Gasteiger partial charge in [-0.05, 0) is 187 Å². The zero-order chi connectivity index (χ0) is 55.1. The number of benzene rings is 9. The van der Waals surface area contributed by atoms with E-state index in [1.807, 2.05) is 0 Å². The van der Waals surface area contributed by atoms with Gasteiger partial charge < -0.3 is 19.0 Å². The van der Waals surface area contributed by atoms with Crippen molar-refractivity contribution >= 4 is 85.2 Å². The molecule has 3 aliphatic rings. The zero-order valence-electron chi connectivity index (χ0n) is 48.6. The van der Waals surface area contributed by atoms with Crippen molar-refractivity contribution in [3.63, 3.8) is 0 Å². The fourth-order valence-electron chi connectivity index (χ4n) is 13.2. The summed E-state index contributed by atoms with van der Waals surface area (Å²) in [4.78, 5) is 7.69. The number of rotatable bonds is 6. The van der Waals surface area contributed by atoms with Crippen LogP contribution in [-0.2, 0) is 27.1 Å². The number of furan rings is 1. The third kappa shape index (κ3) is 8.32. The van der Waals surface area contributed by atoms with Crippen LogP contribution in [0, 0.1) is 0 Å². The van der Waals surface area contributed by atoms with Crippen molar-refractivity contribution in [3.05, 3.63) is 216 Å². The highest BCUT2D eigenvalue weighted by molar-refractivity contribution is 6.93. The second-order valence-electron chi connectivity index (χ2n) is 27.3. The molecule has 1 aliphatic carbocycles. The number of para-hydroxylation sites is 2. The lowest BCUT2D eigenvalue weighted by molar-refractivity contribution is 0.332. The third-order valence-corrected chi connectivity index (χ3v) is 17.9. The highest BCUT2D eigenvalue weighted by Crippen LogP contribution is 2.55. The molecule has 4 nitrogen and oxygen atoms in total. The number of fused-ring (bicyclic) bond motifs is 9. The summed E-state index contributed by atoms with van der Waals surface area (Å²) in [5.41, 5.74) is 24.7. The third-order valence-electron chi connectivity index (χ3n) is 17.9. The topological polar surface area (TPSA) is 22.9 Å². The lowest BCUT2D eigenvalue weighted by atomic mass is 9.43. The fraction of sp³-hybridized carbons (Fsp3) is 0.270. The molecule has 5 heteroatoms. The molecule has 0 fully saturated rings. The Morgan fingerprint density at radius 2 is 1.00 bits per heavy atom. The summed E-state index contributed by atoms with van der Waals surface area (Å²) in [7, 11) is 0. The molecule has 1 aromatic heterocycles. The molecule has 3 heterocycles. The van der Waals surface area contributed by atoms with E-state index in [2.05, 4.69) is 293 Å². The Kier molecular flexibility index (Phi) is 11.5. The predicted molar refractivity (Wildman–Crippen MR) is 339 cm³/mol. The van der Waals surface area contributed by atoms with Crippen LogP contribution in [0.1, 0.15) is 131 Å². The first kappa shape index (κ1) is 50.7. The molecule has 0 radical (unpaired) electrons. The summed E-state index contributed by atoms with van der Waals surface area (Å²) >= 11 is 0. The van der Waals surface area contributed by atoms with Crippen LogP contribution in [0.3, 0.4) is 0 Å². The SMILES string of the molecule is CC(C)(C)c1ccc(N2B3c4cc(N(c5ccccc5)c5ccccc5)ccc4N(c4ccc(C(C)(C)C)cc4-c4ccccc4)c4cc(C(C)(C)C)cc(c43)-c3c2ccc2c3oc3cc4c(cc32)C(C)(C)CCC4(C)C)cc1. The molecule has 13 rings (SSSR count). The maximum absolute atomic E-state index is 7.54. The van der Waals surface area contributed by atoms with E-state index >= 15 is 0 Å². The van der Waals surface area contributed by atoms with Gasteiger partial charge in [-0.1, -0.05) is 181 Å². The highest BCUT2D eigenvalue weighted by Gasteiger charge is 2.48. The molecule has 0 saturated heterocycles. The molecule has 0 atom stereocenters. The van der Waals surface area contributed by atoms with Gasteiger partial charge in [0.05, 0.1) is 5.69 Å². The van der Waals surface area contributed by atoms with Crippen molar-refractivity contribution in [3.8, 4) is 22.3 Å². The van der Waals surface area contributed by atoms with E-state index in [4.69, 9.17) is 4.42 Å². The first-order valence-electron chi connectivity index (χ1n) is 28.7. The van der Waals surface area contributed by atoms with Crippen molar-refractivity contribution in [1.29, 1.82) is 0 Å². The van der Waals surface area contributed by atoms with Crippen LogP contribution in [0.15, 0.2) is 192 Å². The van der Waals surface area contributed by atoms with Gasteiger partial charge in [-0.25, -0.2) is 0 Å². The molecule has 0 amide bonds. The van der Waals surface area contributed by atoms with Gasteiger partial charge in [0.25, 0.3) is 0 Å². The minimum atomic E-state index is -0.239. The van der Waals surface area contributed by atoms with Crippen LogP contribution in [-0.4, -0.2) is 6.85 Å². The van der Waals surface area contributed by atoms with Crippen LogP contribution in [0.4, 0.5) is 45.5 Å². The molecule has 0 unspecified atom stereocenters. The van der Waals surface area contributed by atoms with E-state index in [1.165, 1.54) is 66.5 Å². The molecule has 0 saturated carbocycles. The predicted octanol–water partition coefficient (Wildman–Crippen LogP) is 19.7. The number of hydrogen-bond acceptors (Lipinski definition) is 4. The standard InChI is InChI=1S/C74H74BN3O/c1-70(2,3)48-29-32-53(33-30-48)78-64-38-35-55-57-45-59-60(74(12,13)40-39-73(59,10)11)46-66(57)79-69(55)67(64)58-42-50(72(7,8)9)43-65-68(58)75(78)61-44-54(76(51-25-19-15-20-26-51)52-27-21-16-22-28-52)34-37-63(61)77(65)62-36-31-49(71(4,5)6)41-56(62)47-23-17-14-18-24-47/h14-38,41-46H,39-40H2,1-13H3. The molecule has 0 N–H and O–H groups in total. The van der Waals surface area contributed by atoms with Crippen molar-refractivity contribution in [1.82, 2.24) is 0 Å². The Labute approximate surface area is 469 Å². The molecule has 9 aromatic carbocycles. The van der Waals surface area contributed by atoms with Crippen LogP contribution >= 0.6 is 0 Å². The summed E-state index contributed by atoms with van der Waals surface area (Å²) in [5.74, 6) is 0. The van der Waals surface area contributed by atoms with Gasteiger partial charge in [0.1, 0.15) is 11.2 Å². The minimum absolute atomic E-state index is 0.0195. The van der Waals surface area contributed by atoms with Crippen molar-refractivity contribution in [2.24, 2.45) is 0 Å². The van der Waals surface area contributed by atoms with E-state index in [-0.39, 0.29) is 33.9 Å². The van der Waals surface area contributed by atoms with E-state index in [9.17, 15) is 0 Å². The summed E-state index contributed by atoms with van der Waals surface area (Å²) < 4.78 is 7.54. The first-order valence-corrected chi connectivity index (χ1v) is 28.7. The molecule has 10 aromatic rings. The van der Waals surface area contributed by atoms with Gasteiger partial charge >= 0.3 is 6.85 Å². The molecule has 2 aliphatic heterocycles. The maximum Gasteiger partial charge on any atom is 0.333 e. The highest BCUT2D eigenvalue weighted by atomic mass is 16.3. The quantitative estimate of drug-likeness (QED) is 0.155. The molecule has 0 bridgehead atoms. The van der Waals surface area contributed by atoms with E-state index in [0.717, 1.165) is 74.8 Å². The monoisotopic (exact) mass is 1030 g/mol. The van der Waals surface area contributed by atoms with Crippen LogP contribution in [0.5, 0.6) is 0 Å². The van der Waals surface area contributed by atoms with Crippen molar-refractivity contribution in [2.45, 2.75) is 130 Å². The van der Waals surface area contributed by atoms with Gasteiger partial charge in [0.15, 0.2) is 0 Å². The number of hydrogen-bond donors (Lipinski definition) is 0. The van der Waals surface area contributed by atoms with E-state index < -0.39 is 0 Å². The molecular weight excluding hydrogens is 958 g/mol. The lowest BCUT2D eigenvalue weighted by Crippen LogP contribution is -2.61. The largest absolute Gasteiger partial charge is 0.455 e. The second-order valence-corrected chi connectivity index (χ2v) is 27.3. The molecule has 79 heavy (non-hydrogen) atoms. The van der Waals surface area contributed by atoms with Gasteiger partial charge in [-0.15, -0.1) is 0 Å². The summed E-state index contributed by atoms with van der Waals surface area (Å²) in [6.07, 6.45) is 2.29. The van der Waals surface area contributed by atoms with Crippen molar-refractivity contribution in [2.75, 3.05) is 14.6 Å². The average molecular weight is 1030 g/mol. The molecule has 394 valence electrons. The zero-order valence-corrected chi connectivity index (χ0v) is 48.6. The minimum Gasteiger partial charge on any atom is -0.455 e. The van der Waals surface area contributed by atoms with Gasteiger partial charge in [0, 0.05) is 61.7 Å². The summed E-state index contributed by atoms with van der Waals surface area (Å²) in [6.45, 7) is 30.4. The first-order chi connectivity index (χ1) is 37.6. The van der Waals surface area contributed by atoms with E-state index in [1.54, 1.807) is 0 Å². The van der Waals surface area contributed by atoms with Crippen LogP contribution < -0.4 is 25.5 Å². The number of nitrogens with zero attached hydrogens (tertiary/aromatic N) is 3. The van der Waals surface area contributed by atoms with Gasteiger partial charge in [0.2, 0.25) is 0 Å². The van der Waals surface area contributed by atoms with Gasteiger partial charge in [-0.2, -0.15) is 0 Å². The van der Waals surface area contributed by atoms with Crippen LogP contribution in [0.2, 0.25) is 0 Å². The normalized spacial score (nSPS) is 15.4. The Morgan fingerprint density at radius 1 is 0.456 bits per heavy atom. The Balaban J connectivity index is 1.18. The Hall–Kier alpha value is -7.76. The smallest absolute Gasteiger partial charge is 0.333 e. The van der Waals surface area contributed by atoms with E-state index in [0.29, 0.717) is 0 Å². The second kappa shape index (κ2) is 17.9. The maximum atomic E-state index is 7.54. The lowest BCUT2D eigenvalue weighted by Gasteiger charge is -2.47. The summed E-state index contributed by atoms with van der Waals surface area (Å²) in [5, 5.41) is 2.35. The molecule has 0 spiro atoms. The number of anilines is 8. The fourth-order valence-corrected chi connectivity index (χ4v) is 13.2. The van der Waals surface area contributed by atoms with Crippen molar-refractivity contribution < 1.29 is 4.42 Å². The Morgan fingerprint density at radius 3 is 1.61 bits per heavy atom. The van der Waals surface area contributed by atoms with Crippen LogP contribution in [0.25, 0.3) is 44.2 Å². The molecular formula is C74H74BN3O. The summed E-state index contributed by atoms with van der Waals surface area (Å²) in [6, 6.07) is 71.4. The average Bonchev–Trinajstić information content (AvgIpc) is 3.21.